The number of piperidine rings is 1. The topological polar surface area (TPSA) is 50.1 Å². The Balaban J connectivity index is 1.92. The Morgan fingerprint density at radius 2 is 2.06 bits per heavy atom. The zero-order valence-electron chi connectivity index (χ0n) is 10.7. The molecule has 1 aliphatic heterocycles. The van der Waals surface area contributed by atoms with E-state index in [1.807, 2.05) is 25.2 Å². The van der Waals surface area contributed by atoms with Crippen molar-refractivity contribution in [3.63, 3.8) is 0 Å². The van der Waals surface area contributed by atoms with E-state index in [-0.39, 0.29) is 0 Å². The molecule has 0 saturated carbocycles. The molecule has 0 unspecified atom stereocenters. The van der Waals surface area contributed by atoms with Crippen LogP contribution in [0.25, 0.3) is 11.0 Å². The van der Waals surface area contributed by atoms with Gasteiger partial charge in [-0.25, -0.2) is 4.98 Å². The molecule has 0 spiro atoms. The highest BCUT2D eigenvalue weighted by Gasteiger charge is 2.31. The molecule has 1 aromatic carbocycles. The monoisotopic (exact) mass is 245 g/mol. The summed E-state index contributed by atoms with van der Waals surface area (Å²) in [7, 11) is 2.02. The van der Waals surface area contributed by atoms with Gasteiger partial charge in [0, 0.05) is 13.5 Å². The number of aliphatic hydroxyl groups is 1. The van der Waals surface area contributed by atoms with Crippen molar-refractivity contribution < 1.29 is 5.11 Å². The summed E-state index contributed by atoms with van der Waals surface area (Å²) in [6.07, 6.45) is 2.24. The van der Waals surface area contributed by atoms with E-state index in [4.69, 9.17) is 0 Å². The molecule has 1 saturated heterocycles. The maximum Gasteiger partial charge on any atom is 0.112 e. The highest BCUT2D eigenvalue weighted by atomic mass is 16.3. The molecular weight excluding hydrogens is 226 g/mol. The Hall–Kier alpha value is -1.39. The zero-order valence-corrected chi connectivity index (χ0v) is 10.7. The first-order valence-corrected chi connectivity index (χ1v) is 6.51. The maximum absolute atomic E-state index is 10.6. The fourth-order valence-electron chi connectivity index (χ4n) is 2.72. The first kappa shape index (κ1) is 11.7. The van der Waals surface area contributed by atoms with E-state index in [9.17, 15) is 5.11 Å². The van der Waals surface area contributed by atoms with Crippen LogP contribution in [0, 0.1) is 0 Å². The smallest absolute Gasteiger partial charge is 0.112 e. The zero-order chi connectivity index (χ0) is 12.6. The fraction of sp³-hybridized carbons (Fsp3) is 0.500. The fourth-order valence-corrected chi connectivity index (χ4v) is 2.72. The van der Waals surface area contributed by atoms with E-state index in [2.05, 4.69) is 20.9 Å². The van der Waals surface area contributed by atoms with Crippen LogP contribution in [0.4, 0.5) is 0 Å². The normalized spacial score (nSPS) is 19.2. The number of imidazole rings is 1. The molecule has 0 atom stereocenters. The van der Waals surface area contributed by atoms with Crippen LogP contribution in [-0.4, -0.2) is 33.3 Å². The molecule has 0 amide bonds. The third-order valence-electron chi connectivity index (χ3n) is 3.90. The van der Waals surface area contributed by atoms with E-state index in [0.29, 0.717) is 6.42 Å². The van der Waals surface area contributed by atoms with E-state index in [1.165, 1.54) is 0 Å². The summed E-state index contributed by atoms with van der Waals surface area (Å²) >= 11 is 0. The van der Waals surface area contributed by atoms with Gasteiger partial charge in [0.25, 0.3) is 0 Å². The Morgan fingerprint density at radius 1 is 1.33 bits per heavy atom. The summed E-state index contributed by atoms with van der Waals surface area (Å²) < 4.78 is 2.09. The van der Waals surface area contributed by atoms with E-state index in [0.717, 1.165) is 42.8 Å². The Labute approximate surface area is 107 Å². The molecule has 1 aromatic heterocycles. The minimum atomic E-state index is -0.597. The second-order valence-electron chi connectivity index (χ2n) is 5.23. The number of nitrogens with one attached hydrogen (secondary N) is 1. The van der Waals surface area contributed by atoms with Crippen LogP contribution >= 0.6 is 0 Å². The Morgan fingerprint density at radius 3 is 2.78 bits per heavy atom. The lowest BCUT2D eigenvalue weighted by atomic mass is 9.89. The van der Waals surface area contributed by atoms with Crippen molar-refractivity contribution in [2.75, 3.05) is 13.1 Å². The Kier molecular flexibility index (Phi) is 2.84. The van der Waals surface area contributed by atoms with Gasteiger partial charge in [-0.3, -0.25) is 0 Å². The number of para-hydroxylation sites is 2. The number of aromatic nitrogens is 2. The number of nitrogens with zero attached hydrogens (tertiary/aromatic N) is 2. The SMILES string of the molecule is Cn1c(CC2(O)CCNCC2)nc2ccccc21. The van der Waals surface area contributed by atoms with E-state index >= 15 is 0 Å². The van der Waals surface area contributed by atoms with Crippen LogP contribution in [0.3, 0.4) is 0 Å². The first-order chi connectivity index (χ1) is 8.68. The van der Waals surface area contributed by atoms with Gasteiger partial charge in [-0.05, 0) is 38.1 Å². The second-order valence-corrected chi connectivity index (χ2v) is 5.23. The average Bonchev–Trinajstić information content (AvgIpc) is 2.67. The number of hydrogen-bond donors (Lipinski definition) is 2. The van der Waals surface area contributed by atoms with Crippen LogP contribution in [0.5, 0.6) is 0 Å². The minimum absolute atomic E-state index is 0.597. The molecule has 2 aromatic rings. The predicted octanol–water partition coefficient (Wildman–Crippen LogP) is 1.23. The molecule has 4 nitrogen and oxygen atoms in total. The Bertz CT molecular complexity index is 555. The number of benzene rings is 1. The molecular formula is C14H19N3O. The molecule has 4 heteroatoms. The third-order valence-corrected chi connectivity index (χ3v) is 3.90. The number of hydrogen-bond acceptors (Lipinski definition) is 3. The molecule has 0 aliphatic carbocycles. The molecule has 18 heavy (non-hydrogen) atoms. The number of aryl methyl sites for hydroxylation is 1. The summed E-state index contributed by atoms with van der Waals surface area (Å²) in [5, 5.41) is 13.9. The maximum atomic E-state index is 10.6. The molecule has 1 fully saturated rings. The predicted molar refractivity (Wildman–Crippen MR) is 71.5 cm³/mol. The molecule has 0 bridgehead atoms. The van der Waals surface area contributed by atoms with Crippen LogP contribution < -0.4 is 5.32 Å². The van der Waals surface area contributed by atoms with Gasteiger partial charge in [-0.2, -0.15) is 0 Å². The number of fused-ring (bicyclic) bond motifs is 1. The van der Waals surface area contributed by atoms with Gasteiger partial charge in [0.2, 0.25) is 0 Å². The lowest BCUT2D eigenvalue weighted by molar-refractivity contribution is 0.00867. The molecule has 3 rings (SSSR count). The largest absolute Gasteiger partial charge is 0.389 e. The summed E-state index contributed by atoms with van der Waals surface area (Å²) in [6, 6.07) is 8.11. The van der Waals surface area contributed by atoms with Crippen molar-refractivity contribution >= 4 is 11.0 Å². The van der Waals surface area contributed by atoms with Crippen LogP contribution in [0.2, 0.25) is 0 Å². The minimum Gasteiger partial charge on any atom is -0.389 e. The van der Waals surface area contributed by atoms with Gasteiger partial charge in [-0.15, -0.1) is 0 Å². The van der Waals surface area contributed by atoms with Crippen LogP contribution in [0.15, 0.2) is 24.3 Å². The van der Waals surface area contributed by atoms with Gasteiger partial charge < -0.3 is 15.0 Å². The molecule has 0 radical (unpaired) electrons. The van der Waals surface area contributed by atoms with Gasteiger partial charge in [-0.1, -0.05) is 12.1 Å². The molecule has 1 aliphatic rings. The lowest BCUT2D eigenvalue weighted by Gasteiger charge is -2.32. The molecule has 2 N–H and O–H groups in total. The van der Waals surface area contributed by atoms with Crippen molar-refractivity contribution in [1.82, 2.24) is 14.9 Å². The summed E-state index contributed by atoms with van der Waals surface area (Å²) in [4.78, 5) is 4.63. The van der Waals surface area contributed by atoms with E-state index in [1.54, 1.807) is 0 Å². The second kappa shape index (κ2) is 4.37. The van der Waals surface area contributed by atoms with Gasteiger partial charge >= 0.3 is 0 Å². The molecule has 2 heterocycles. The van der Waals surface area contributed by atoms with Crippen molar-refractivity contribution in [2.45, 2.75) is 24.9 Å². The highest BCUT2D eigenvalue weighted by molar-refractivity contribution is 5.75. The van der Waals surface area contributed by atoms with Crippen molar-refractivity contribution in [1.29, 1.82) is 0 Å². The van der Waals surface area contributed by atoms with Gasteiger partial charge in [0.1, 0.15) is 5.82 Å². The van der Waals surface area contributed by atoms with Crippen LogP contribution in [0.1, 0.15) is 18.7 Å². The first-order valence-electron chi connectivity index (χ1n) is 6.51. The van der Waals surface area contributed by atoms with Crippen LogP contribution in [-0.2, 0) is 13.5 Å². The van der Waals surface area contributed by atoms with Crippen molar-refractivity contribution in [2.24, 2.45) is 7.05 Å². The number of rotatable bonds is 2. The standard InChI is InChI=1S/C14H19N3O/c1-17-12-5-3-2-4-11(12)16-13(17)10-14(18)6-8-15-9-7-14/h2-5,15,18H,6-10H2,1H3. The summed E-state index contributed by atoms with van der Waals surface area (Å²) in [5.41, 5.74) is 1.54. The average molecular weight is 245 g/mol. The third kappa shape index (κ3) is 2.02. The van der Waals surface area contributed by atoms with Crippen molar-refractivity contribution in [3.05, 3.63) is 30.1 Å². The van der Waals surface area contributed by atoms with E-state index < -0.39 is 5.60 Å². The van der Waals surface area contributed by atoms with Crippen molar-refractivity contribution in [3.8, 4) is 0 Å². The lowest BCUT2D eigenvalue weighted by Crippen LogP contribution is -2.43. The summed E-state index contributed by atoms with van der Waals surface area (Å²) in [6.45, 7) is 1.78. The van der Waals surface area contributed by atoms with Gasteiger partial charge in [0.15, 0.2) is 0 Å². The van der Waals surface area contributed by atoms with Gasteiger partial charge in [0.05, 0.1) is 16.6 Å². The summed E-state index contributed by atoms with van der Waals surface area (Å²) in [5.74, 6) is 0.973. The highest BCUT2D eigenvalue weighted by Crippen LogP contribution is 2.24. The quantitative estimate of drug-likeness (QED) is 0.836. The molecule has 96 valence electrons.